The number of rotatable bonds is 5. The molecule has 0 aromatic heterocycles. The molecule has 2 heteroatoms. The van der Waals surface area contributed by atoms with E-state index in [9.17, 15) is 0 Å². The van der Waals surface area contributed by atoms with Gasteiger partial charge in [-0.25, -0.2) is 0 Å². The molecule has 1 rings (SSSR count). The van der Waals surface area contributed by atoms with E-state index in [4.69, 9.17) is 9.47 Å². The van der Waals surface area contributed by atoms with Crippen LogP contribution >= 0.6 is 0 Å². The Kier molecular flexibility index (Phi) is 5.26. The average molecular weight is 228 g/mol. The Morgan fingerprint density at radius 2 is 2.00 bits per heavy atom. The molecule has 1 aliphatic rings. The Morgan fingerprint density at radius 3 is 2.50 bits per heavy atom. The van der Waals surface area contributed by atoms with Gasteiger partial charge in [-0.05, 0) is 33.6 Å². The summed E-state index contributed by atoms with van der Waals surface area (Å²) in [6.07, 6.45) is 6.22. The number of hydrogen-bond donors (Lipinski definition) is 0. The van der Waals surface area contributed by atoms with Crippen molar-refractivity contribution in [1.82, 2.24) is 0 Å². The summed E-state index contributed by atoms with van der Waals surface area (Å²) in [5, 5.41) is 0. The van der Waals surface area contributed by atoms with Crippen molar-refractivity contribution < 1.29 is 9.47 Å². The van der Waals surface area contributed by atoms with Gasteiger partial charge in [0.1, 0.15) is 0 Å². The van der Waals surface area contributed by atoms with Crippen molar-refractivity contribution in [3.05, 3.63) is 0 Å². The molecular weight excluding hydrogens is 200 g/mol. The topological polar surface area (TPSA) is 18.5 Å². The van der Waals surface area contributed by atoms with Crippen LogP contribution in [0.1, 0.15) is 66.7 Å². The molecule has 0 bridgehead atoms. The summed E-state index contributed by atoms with van der Waals surface area (Å²) in [5.41, 5.74) is -0.0258. The quantitative estimate of drug-likeness (QED) is 0.704. The third-order valence-electron chi connectivity index (χ3n) is 3.42. The van der Waals surface area contributed by atoms with Gasteiger partial charge in [-0.1, -0.05) is 26.7 Å². The van der Waals surface area contributed by atoms with Gasteiger partial charge in [0.05, 0.1) is 11.7 Å². The lowest BCUT2D eigenvalue weighted by Gasteiger charge is -2.42. The fourth-order valence-electron chi connectivity index (χ4n) is 2.57. The Hall–Kier alpha value is -0.0800. The second-order valence-corrected chi connectivity index (χ2v) is 5.71. The highest BCUT2D eigenvalue weighted by Gasteiger charge is 2.36. The Morgan fingerprint density at radius 1 is 1.31 bits per heavy atom. The first-order valence-electron chi connectivity index (χ1n) is 6.81. The molecule has 0 aliphatic carbocycles. The molecule has 3 atom stereocenters. The van der Waals surface area contributed by atoms with Crippen molar-refractivity contribution in [2.24, 2.45) is 5.92 Å². The zero-order chi connectivity index (χ0) is 12.2. The van der Waals surface area contributed by atoms with Crippen LogP contribution in [0.15, 0.2) is 0 Å². The highest BCUT2D eigenvalue weighted by Crippen LogP contribution is 2.33. The summed E-state index contributed by atoms with van der Waals surface area (Å²) in [6, 6.07) is 0. The molecule has 0 saturated carbocycles. The summed E-state index contributed by atoms with van der Waals surface area (Å²) in [6.45, 7) is 11.0. The van der Waals surface area contributed by atoms with Crippen molar-refractivity contribution in [2.45, 2.75) is 84.7 Å². The molecule has 16 heavy (non-hydrogen) atoms. The van der Waals surface area contributed by atoms with Crippen molar-refractivity contribution in [3.63, 3.8) is 0 Å². The van der Waals surface area contributed by atoms with Gasteiger partial charge in [-0.3, -0.25) is 0 Å². The minimum absolute atomic E-state index is 0.00954. The van der Waals surface area contributed by atoms with Gasteiger partial charge in [0.2, 0.25) is 0 Å². The molecule has 1 heterocycles. The van der Waals surface area contributed by atoms with E-state index in [1.807, 2.05) is 0 Å². The van der Waals surface area contributed by atoms with Crippen molar-refractivity contribution in [2.75, 3.05) is 0 Å². The Bertz CT molecular complexity index is 201. The van der Waals surface area contributed by atoms with E-state index in [-0.39, 0.29) is 11.9 Å². The van der Waals surface area contributed by atoms with E-state index in [0.717, 1.165) is 12.8 Å². The number of hydrogen-bond acceptors (Lipinski definition) is 2. The van der Waals surface area contributed by atoms with Gasteiger partial charge >= 0.3 is 0 Å². The van der Waals surface area contributed by atoms with Gasteiger partial charge in [0.15, 0.2) is 6.29 Å². The van der Waals surface area contributed by atoms with Crippen LogP contribution < -0.4 is 0 Å². The Balaban J connectivity index is 2.55. The maximum Gasteiger partial charge on any atom is 0.161 e. The van der Waals surface area contributed by atoms with Crippen molar-refractivity contribution >= 4 is 0 Å². The molecule has 1 aliphatic heterocycles. The van der Waals surface area contributed by atoms with Crippen LogP contribution in [0.5, 0.6) is 0 Å². The van der Waals surface area contributed by atoms with E-state index in [1.54, 1.807) is 0 Å². The number of unbranched alkanes of at least 4 members (excludes halogenated alkanes) is 1. The molecule has 0 amide bonds. The zero-order valence-corrected chi connectivity index (χ0v) is 11.6. The first-order valence-corrected chi connectivity index (χ1v) is 6.81. The molecular formula is C14H28O2. The summed E-state index contributed by atoms with van der Waals surface area (Å²) >= 11 is 0. The number of ether oxygens (including phenoxy) is 2. The molecule has 0 aromatic rings. The summed E-state index contributed by atoms with van der Waals surface area (Å²) < 4.78 is 12.0. The lowest BCUT2D eigenvalue weighted by Crippen LogP contribution is -2.46. The second-order valence-electron chi connectivity index (χ2n) is 5.71. The smallest absolute Gasteiger partial charge is 0.161 e. The normalized spacial score (nSPS) is 31.3. The second kappa shape index (κ2) is 6.02. The lowest BCUT2D eigenvalue weighted by atomic mass is 9.94. The molecule has 0 radical (unpaired) electrons. The summed E-state index contributed by atoms with van der Waals surface area (Å²) in [7, 11) is 0. The minimum atomic E-state index is -0.0258. The van der Waals surface area contributed by atoms with E-state index < -0.39 is 0 Å². The monoisotopic (exact) mass is 228 g/mol. The molecule has 1 saturated heterocycles. The van der Waals surface area contributed by atoms with Crippen LogP contribution in [0.25, 0.3) is 0 Å². The molecule has 0 N–H and O–H groups in total. The van der Waals surface area contributed by atoms with Crippen LogP contribution in [-0.2, 0) is 9.47 Å². The molecule has 0 spiro atoms. The first kappa shape index (κ1) is 14.0. The molecule has 0 aromatic carbocycles. The van der Waals surface area contributed by atoms with Crippen LogP contribution in [0, 0.1) is 5.92 Å². The zero-order valence-electron chi connectivity index (χ0n) is 11.6. The first-order chi connectivity index (χ1) is 7.48. The van der Waals surface area contributed by atoms with Gasteiger partial charge in [0.25, 0.3) is 0 Å². The highest BCUT2D eigenvalue weighted by atomic mass is 16.7. The van der Waals surface area contributed by atoms with Crippen LogP contribution in [0.3, 0.4) is 0 Å². The largest absolute Gasteiger partial charge is 0.349 e. The van der Waals surface area contributed by atoms with Gasteiger partial charge < -0.3 is 9.47 Å². The molecule has 0 unspecified atom stereocenters. The standard InChI is InChI=1S/C14H28O2/c1-6-8-9-12(7-2)13-15-11(3)10-14(4,5)16-13/h11-13H,6-10H2,1-5H3/t11-,12+,13+/m0/s1. The third kappa shape index (κ3) is 4.06. The molecule has 1 fully saturated rings. The van der Waals surface area contributed by atoms with E-state index >= 15 is 0 Å². The predicted octanol–water partition coefficient (Wildman–Crippen LogP) is 4.13. The Labute approximate surface area is 101 Å². The van der Waals surface area contributed by atoms with Gasteiger partial charge in [-0.15, -0.1) is 0 Å². The predicted molar refractivity (Wildman–Crippen MR) is 67.4 cm³/mol. The maximum absolute atomic E-state index is 6.07. The van der Waals surface area contributed by atoms with Crippen molar-refractivity contribution in [1.29, 1.82) is 0 Å². The highest BCUT2D eigenvalue weighted by molar-refractivity contribution is 4.79. The fraction of sp³-hybridized carbons (Fsp3) is 1.00. The van der Waals surface area contributed by atoms with Gasteiger partial charge in [-0.2, -0.15) is 0 Å². The lowest BCUT2D eigenvalue weighted by molar-refractivity contribution is -0.288. The molecule has 96 valence electrons. The van der Waals surface area contributed by atoms with E-state index in [2.05, 4.69) is 34.6 Å². The van der Waals surface area contributed by atoms with Crippen molar-refractivity contribution in [3.8, 4) is 0 Å². The van der Waals surface area contributed by atoms with Crippen LogP contribution in [-0.4, -0.2) is 18.0 Å². The van der Waals surface area contributed by atoms with E-state index in [1.165, 1.54) is 19.3 Å². The van der Waals surface area contributed by atoms with E-state index in [0.29, 0.717) is 12.0 Å². The fourth-order valence-corrected chi connectivity index (χ4v) is 2.57. The third-order valence-corrected chi connectivity index (χ3v) is 3.42. The summed E-state index contributed by atoms with van der Waals surface area (Å²) in [4.78, 5) is 0. The summed E-state index contributed by atoms with van der Waals surface area (Å²) in [5.74, 6) is 0.557. The minimum Gasteiger partial charge on any atom is -0.349 e. The van der Waals surface area contributed by atoms with Gasteiger partial charge in [0, 0.05) is 12.3 Å². The van der Waals surface area contributed by atoms with Crippen LogP contribution in [0.4, 0.5) is 0 Å². The average Bonchev–Trinajstić information content (AvgIpc) is 2.15. The maximum atomic E-state index is 6.07. The van der Waals surface area contributed by atoms with Crippen LogP contribution in [0.2, 0.25) is 0 Å². The molecule has 2 nitrogen and oxygen atoms in total. The SMILES string of the molecule is CCCC[C@@H](CC)[C@@H]1O[C@@H](C)CC(C)(C)O1.